The first kappa shape index (κ1) is 23.5. The van der Waals surface area contributed by atoms with E-state index in [1.54, 1.807) is 12.1 Å². The smallest absolute Gasteiger partial charge is 0.242 e. The molecule has 0 saturated heterocycles. The zero-order chi connectivity index (χ0) is 23.3. The lowest BCUT2D eigenvalue weighted by atomic mass is 9.88. The van der Waals surface area contributed by atoms with Gasteiger partial charge in [-0.1, -0.05) is 60.7 Å². The quantitative estimate of drug-likeness (QED) is 0.558. The molecule has 1 N–H and O–H groups in total. The van der Waals surface area contributed by atoms with Crippen LogP contribution in [-0.4, -0.2) is 46.8 Å². The van der Waals surface area contributed by atoms with E-state index in [4.69, 9.17) is 0 Å². The minimum absolute atomic E-state index is 0.117. The third-order valence-electron chi connectivity index (χ3n) is 5.30. The fourth-order valence-electron chi connectivity index (χ4n) is 3.56. The van der Waals surface area contributed by atoms with Crippen LogP contribution < -0.4 is 10.2 Å². The number of sulfonamides is 1. The maximum atomic E-state index is 13.1. The number of anilines is 2. The second-order valence-electron chi connectivity index (χ2n) is 7.99. The fraction of sp³-hybridized carbons (Fsp3) is 0.240. The average Bonchev–Trinajstić information content (AvgIpc) is 2.78. The van der Waals surface area contributed by atoms with Crippen molar-refractivity contribution in [2.75, 3.05) is 38.4 Å². The highest BCUT2D eigenvalue weighted by molar-refractivity contribution is 7.89. The summed E-state index contributed by atoms with van der Waals surface area (Å²) in [4.78, 5) is 15.1. The molecule has 0 aliphatic rings. The molecule has 0 aliphatic carbocycles. The van der Waals surface area contributed by atoms with Gasteiger partial charge in [0.15, 0.2) is 0 Å². The van der Waals surface area contributed by atoms with Crippen LogP contribution in [0, 0.1) is 0 Å². The molecule has 3 aromatic carbocycles. The molecule has 0 heterocycles. The minimum Gasteiger partial charge on any atom is -0.376 e. The van der Waals surface area contributed by atoms with Crippen LogP contribution in [0.3, 0.4) is 0 Å². The van der Waals surface area contributed by atoms with Crippen molar-refractivity contribution in [2.45, 2.75) is 17.2 Å². The third kappa shape index (κ3) is 5.36. The molecular formula is C25H29N3O3S. The summed E-state index contributed by atoms with van der Waals surface area (Å²) in [5.74, 6) is -0.306. The molecule has 1 amide bonds. The van der Waals surface area contributed by atoms with Gasteiger partial charge in [0.1, 0.15) is 0 Å². The zero-order valence-electron chi connectivity index (χ0n) is 18.8. The lowest BCUT2D eigenvalue weighted by Gasteiger charge is -2.22. The Morgan fingerprint density at radius 3 is 1.84 bits per heavy atom. The van der Waals surface area contributed by atoms with Gasteiger partial charge in [-0.15, -0.1) is 0 Å². The van der Waals surface area contributed by atoms with E-state index in [1.807, 2.05) is 79.7 Å². The van der Waals surface area contributed by atoms with Crippen molar-refractivity contribution in [3.8, 4) is 0 Å². The van der Waals surface area contributed by atoms with Crippen LogP contribution in [0.4, 0.5) is 11.4 Å². The Balaban J connectivity index is 1.92. The molecule has 0 unspecified atom stereocenters. The topological polar surface area (TPSA) is 69.7 Å². The van der Waals surface area contributed by atoms with Gasteiger partial charge in [-0.05, 0) is 29.3 Å². The summed E-state index contributed by atoms with van der Waals surface area (Å²) >= 11 is 0. The van der Waals surface area contributed by atoms with Crippen LogP contribution >= 0.6 is 0 Å². The molecule has 0 aliphatic heterocycles. The van der Waals surface area contributed by atoms with Crippen molar-refractivity contribution in [2.24, 2.45) is 0 Å². The molecule has 0 spiro atoms. The fourth-order valence-corrected chi connectivity index (χ4v) is 4.49. The van der Waals surface area contributed by atoms with Gasteiger partial charge >= 0.3 is 0 Å². The Bertz CT molecular complexity index is 1120. The normalized spacial score (nSPS) is 11.6. The molecule has 0 atom stereocenters. The predicted octanol–water partition coefficient (Wildman–Crippen LogP) is 4.16. The summed E-state index contributed by atoms with van der Waals surface area (Å²) in [6, 6.07) is 24.6. The summed E-state index contributed by atoms with van der Waals surface area (Å²) in [6.45, 7) is 0. The standard InChI is InChI=1S/C25H29N3O3S/c1-27(2)24-16-15-21(32(30,31)28(3)4)17-23(24)26-25(29)18-22(19-11-7-5-8-12-19)20-13-9-6-10-14-20/h5-17,22H,18H2,1-4H3,(H,26,29). The zero-order valence-corrected chi connectivity index (χ0v) is 19.6. The second kappa shape index (κ2) is 9.97. The summed E-state index contributed by atoms with van der Waals surface area (Å²) in [7, 11) is 3.04. The maximum Gasteiger partial charge on any atom is 0.242 e. The molecule has 168 valence electrons. The minimum atomic E-state index is -3.62. The van der Waals surface area contributed by atoms with Gasteiger partial charge in [0.2, 0.25) is 15.9 Å². The van der Waals surface area contributed by atoms with Crippen LogP contribution in [0.1, 0.15) is 23.5 Å². The second-order valence-corrected chi connectivity index (χ2v) is 10.1. The Morgan fingerprint density at radius 2 is 1.38 bits per heavy atom. The highest BCUT2D eigenvalue weighted by Crippen LogP contribution is 2.31. The van der Waals surface area contributed by atoms with Crippen molar-refractivity contribution in [1.82, 2.24) is 4.31 Å². The van der Waals surface area contributed by atoms with E-state index in [9.17, 15) is 13.2 Å². The van der Waals surface area contributed by atoms with E-state index in [0.717, 1.165) is 21.1 Å². The molecule has 0 saturated carbocycles. The molecule has 0 bridgehead atoms. The number of hydrogen-bond donors (Lipinski definition) is 1. The number of hydrogen-bond acceptors (Lipinski definition) is 4. The number of amides is 1. The number of nitrogens with zero attached hydrogens (tertiary/aromatic N) is 2. The van der Waals surface area contributed by atoms with E-state index in [1.165, 1.54) is 20.2 Å². The Morgan fingerprint density at radius 1 is 0.844 bits per heavy atom. The van der Waals surface area contributed by atoms with Crippen LogP contribution in [0.25, 0.3) is 0 Å². The van der Waals surface area contributed by atoms with E-state index < -0.39 is 10.0 Å². The lowest BCUT2D eigenvalue weighted by Crippen LogP contribution is -2.23. The highest BCUT2D eigenvalue weighted by atomic mass is 32.2. The highest BCUT2D eigenvalue weighted by Gasteiger charge is 2.22. The predicted molar refractivity (Wildman–Crippen MR) is 130 cm³/mol. The van der Waals surface area contributed by atoms with Crippen molar-refractivity contribution >= 4 is 27.3 Å². The Labute approximate surface area is 190 Å². The molecule has 3 aromatic rings. The van der Waals surface area contributed by atoms with E-state index >= 15 is 0 Å². The maximum absolute atomic E-state index is 13.1. The summed E-state index contributed by atoms with van der Waals surface area (Å²) in [5.41, 5.74) is 3.28. The molecule has 3 rings (SSSR count). The van der Waals surface area contributed by atoms with Gasteiger partial charge in [0.05, 0.1) is 16.3 Å². The molecule has 32 heavy (non-hydrogen) atoms. The first-order valence-electron chi connectivity index (χ1n) is 10.3. The van der Waals surface area contributed by atoms with Gasteiger partial charge in [0.25, 0.3) is 0 Å². The molecule has 0 radical (unpaired) electrons. The van der Waals surface area contributed by atoms with E-state index in [2.05, 4.69) is 5.32 Å². The van der Waals surface area contributed by atoms with Crippen molar-refractivity contribution in [1.29, 1.82) is 0 Å². The van der Waals surface area contributed by atoms with Crippen LogP contribution in [-0.2, 0) is 14.8 Å². The average molecular weight is 452 g/mol. The van der Waals surface area contributed by atoms with E-state index in [-0.39, 0.29) is 23.1 Å². The van der Waals surface area contributed by atoms with E-state index in [0.29, 0.717) is 5.69 Å². The van der Waals surface area contributed by atoms with Crippen LogP contribution in [0.15, 0.2) is 83.8 Å². The molecule has 7 heteroatoms. The SMILES string of the molecule is CN(C)c1ccc(S(=O)(=O)N(C)C)cc1NC(=O)CC(c1ccccc1)c1ccccc1. The van der Waals surface area contributed by atoms with Crippen LogP contribution in [0.5, 0.6) is 0 Å². The summed E-state index contributed by atoms with van der Waals surface area (Å²) in [5, 5.41) is 2.95. The van der Waals surface area contributed by atoms with Crippen molar-refractivity contribution < 1.29 is 13.2 Å². The lowest BCUT2D eigenvalue weighted by molar-refractivity contribution is -0.116. The number of rotatable bonds is 8. The monoisotopic (exact) mass is 451 g/mol. The number of nitrogens with one attached hydrogen (secondary N) is 1. The molecule has 6 nitrogen and oxygen atoms in total. The Hall–Kier alpha value is -3.16. The largest absolute Gasteiger partial charge is 0.376 e. The summed E-state index contributed by atoms with van der Waals surface area (Å²) in [6.07, 6.45) is 0.228. The van der Waals surface area contributed by atoms with Gasteiger partial charge < -0.3 is 10.2 Å². The Kier molecular flexibility index (Phi) is 7.33. The van der Waals surface area contributed by atoms with Gasteiger partial charge in [-0.3, -0.25) is 4.79 Å². The molecule has 0 aromatic heterocycles. The third-order valence-corrected chi connectivity index (χ3v) is 7.11. The number of carbonyl (C=O) groups excluding carboxylic acids is 1. The van der Waals surface area contributed by atoms with Crippen LogP contribution in [0.2, 0.25) is 0 Å². The summed E-state index contributed by atoms with van der Waals surface area (Å²) < 4.78 is 26.4. The molecular weight excluding hydrogens is 422 g/mol. The van der Waals surface area contributed by atoms with Crippen molar-refractivity contribution in [3.05, 3.63) is 90.0 Å². The first-order chi connectivity index (χ1) is 15.2. The van der Waals surface area contributed by atoms with Crippen molar-refractivity contribution in [3.63, 3.8) is 0 Å². The van der Waals surface area contributed by atoms with Gasteiger partial charge in [-0.25, -0.2) is 12.7 Å². The first-order valence-corrected chi connectivity index (χ1v) is 11.8. The van der Waals surface area contributed by atoms with Gasteiger partial charge in [0, 0.05) is 40.5 Å². The number of benzene rings is 3. The number of carbonyl (C=O) groups is 1. The molecule has 0 fully saturated rings. The van der Waals surface area contributed by atoms with Gasteiger partial charge in [-0.2, -0.15) is 0 Å².